The molecule has 6 aromatic rings. The fraction of sp³-hybridized carbons (Fsp3) is 0. The van der Waals surface area contributed by atoms with Gasteiger partial charge in [0.2, 0.25) is 0 Å². The van der Waals surface area contributed by atoms with Crippen molar-refractivity contribution >= 4 is 59.1 Å². The Labute approximate surface area is 165 Å². The molecule has 0 atom stereocenters. The van der Waals surface area contributed by atoms with Crippen LogP contribution in [-0.2, 0) is 20.1 Å². The maximum Gasteiger partial charge on any atom is 0.119 e. The molecule has 0 aliphatic heterocycles. The second-order valence-corrected chi connectivity index (χ2v) is 7.18. The molecule has 0 aliphatic rings. The van der Waals surface area contributed by atoms with E-state index in [-0.39, 0.29) is 25.9 Å². The standard InChI is InChI=1S/C21H10FN2S.Ir/c22-12-9-10-14-16(11-12)13-5-1-3-7-17(13)24-20(14)23-19-15-6-2-4-8-18(15)25-21(19)24;/h1-9,11H;/q-1;. The van der Waals surface area contributed by atoms with Crippen LogP contribution in [0.2, 0.25) is 0 Å². The SMILES string of the molecule is Fc1c[c-]c2c(c1)c1ccccc1n1c2nc2c3ccccc3sc21.[Ir]. The van der Waals surface area contributed by atoms with Crippen molar-refractivity contribution in [1.82, 2.24) is 9.38 Å². The van der Waals surface area contributed by atoms with Gasteiger partial charge in [0, 0.05) is 41.5 Å². The molecule has 0 bridgehead atoms. The second-order valence-electron chi connectivity index (χ2n) is 6.15. The van der Waals surface area contributed by atoms with Crippen LogP contribution in [0.3, 0.4) is 0 Å². The molecule has 0 amide bonds. The summed E-state index contributed by atoms with van der Waals surface area (Å²) in [6.07, 6.45) is 0. The van der Waals surface area contributed by atoms with Crippen molar-refractivity contribution in [3.05, 3.63) is 72.5 Å². The van der Waals surface area contributed by atoms with E-state index < -0.39 is 0 Å². The van der Waals surface area contributed by atoms with Crippen LogP contribution < -0.4 is 0 Å². The first-order valence-corrected chi connectivity index (χ1v) is 8.84. The van der Waals surface area contributed by atoms with Gasteiger partial charge in [0.25, 0.3) is 0 Å². The number of hydrogen-bond donors (Lipinski definition) is 0. The van der Waals surface area contributed by atoms with Crippen molar-refractivity contribution in [1.29, 1.82) is 0 Å². The molecule has 0 spiro atoms. The molecule has 0 unspecified atom stereocenters. The first kappa shape index (κ1) is 15.9. The smallest absolute Gasteiger partial charge is 0.119 e. The third-order valence-electron chi connectivity index (χ3n) is 4.75. The number of para-hydroxylation sites is 1. The average Bonchev–Trinajstić information content (AvgIpc) is 3.18. The molecule has 3 aromatic heterocycles. The molecule has 127 valence electrons. The minimum atomic E-state index is -0.277. The number of rotatable bonds is 0. The van der Waals surface area contributed by atoms with Crippen molar-refractivity contribution in [2.45, 2.75) is 0 Å². The minimum absolute atomic E-state index is 0. The van der Waals surface area contributed by atoms with Gasteiger partial charge in [-0.1, -0.05) is 47.2 Å². The zero-order valence-corrected chi connectivity index (χ0v) is 16.5. The van der Waals surface area contributed by atoms with Crippen molar-refractivity contribution < 1.29 is 24.5 Å². The average molecular weight is 534 g/mol. The molecule has 1 radical (unpaired) electrons. The Kier molecular flexibility index (Phi) is 3.41. The Morgan fingerprint density at radius 2 is 1.73 bits per heavy atom. The number of hydrogen-bond acceptors (Lipinski definition) is 2. The van der Waals surface area contributed by atoms with E-state index in [1.54, 1.807) is 17.4 Å². The molecule has 26 heavy (non-hydrogen) atoms. The maximum atomic E-state index is 13.9. The van der Waals surface area contributed by atoms with Crippen LogP contribution in [0.15, 0.2) is 60.7 Å². The van der Waals surface area contributed by atoms with E-state index >= 15 is 0 Å². The molecule has 0 saturated heterocycles. The van der Waals surface area contributed by atoms with Crippen LogP contribution in [0.5, 0.6) is 0 Å². The van der Waals surface area contributed by atoms with Crippen molar-refractivity contribution in [3.63, 3.8) is 0 Å². The largest absolute Gasteiger partial charge is 0.325 e. The summed E-state index contributed by atoms with van der Waals surface area (Å²) in [5.74, 6) is -0.277. The molecule has 2 nitrogen and oxygen atoms in total. The van der Waals surface area contributed by atoms with Crippen molar-refractivity contribution in [2.24, 2.45) is 0 Å². The van der Waals surface area contributed by atoms with Gasteiger partial charge < -0.3 is 4.40 Å². The Morgan fingerprint density at radius 1 is 0.962 bits per heavy atom. The van der Waals surface area contributed by atoms with Gasteiger partial charge in [-0.2, -0.15) is 0 Å². The molecule has 6 rings (SSSR count). The van der Waals surface area contributed by atoms with Crippen LogP contribution in [-0.4, -0.2) is 9.38 Å². The molecule has 5 heteroatoms. The van der Waals surface area contributed by atoms with Gasteiger partial charge in [-0.3, -0.25) is 9.37 Å². The normalized spacial score (nSPS) is 11.7. The molecule has 3 heterocycles. The fourth-order valence-electron chi connectivity index (χ4n) is 3.69. The quantitative estimate of drug-likeness (QED) is 0.174. The summed E-state index contributed by atoms with van der Waals surface area (Å²) in [7, 11) is 0. The predicted octanol–water partition coefficient (Wildman–Crippen LogP) is 5.95. The number of nitrogens with zero attached hydrogens (tertiary/aromatic N) is 2. The summed E-state index contributed by atoms with van der Waals surface area (Å²) in [6, 6.07) is 22.5. The number of halogens is 1. The monoisotopic (exact) mass is 534 g/mol. The summed E-state index contributed by atoms with van der Waals surface area (Å²) in [5.41, 5.74) is 2.87. The summed E-state index contributed by atoms with van der Waals surface area (Å²) in [6.45, 7) is 0. The maximum absolute atomic E-state index is 13.9. The van der Waals surface area contributed by atoms with Gasteiger partial charge >= 0.3 is 0 Å². The zero-order valence-electron chi connectivity index (χ0n) is 13.3. The van der Waals surface area contributed by atoms with Crippen LogP contribution in [0.4, 0.5) is 4.39 Å². The Balaban J connectivity index is 0.00000150. The number of fused-ring (bicyclic) bond motifs is 10. The van der Waals surface area contributed by atoms with Crippen LogP contribution in [0, 0.1) is 11.9 Å². The molecular weight excluding hydrogens is 524 g/mol. The number of pyridine rings is 1. The van der Waals surface area contributed by atoms with Gasteiger partial charge in [0.15, 0.2) is 0 Å². The third kappa shape index (κ3) is 1.96. The number of aromatic nitrogens is 2. The van der Waals surface area contributed by atoms with Crippen molar-refractivity contribution in [3.8, 4) is 0 Å². The van der Waals surface area contributed by atoms with E-state index in [4.69, 9.17) is 4.98 Å². The van der Waals surface area contributed by atoms with E-state index in [9.17, 15) is 4.39 Å². The zero-order chi connectivity index (χ0) is 16.5. The summed E-state index contributed by atoms with van der Waals surface area (Å²) >= 11 is 1.74. The van der Waals surface area contributed by atoms with Crippen LogP contribution in [0.25, 0.3) is 47.8 Å². The van der Waals surface area contributed by atoms with E-state index in [0.29, 0.717) is 0 Å². The Hall–Kier alpha value is -2.33. The molecule has 3 aromatic carbocycles. The van der Waals surface area contributed by atoms with Gasteiger partial charge in [-0.25, -0.2) is 0 Å². The predicted molar refractivity (Wildman–Crippen MR) is 102 cm³/mol. The molecule has 0 aliphatic carbocycles. The Morgan fingerprint density at radius 3 is 2.62 bits per heavy atom. The summed E-state index contributed by atoms with van der Waals surface area (Å²) in [4.78, 5) is 6.05. The Bertz CT molecular complexity index is 1470. The van der Waals surface area contributed by atoms with Crippen molar-refractivity contribution in [2.75, 3.05) is 0 Å². The first-order chi connectivity index (χ1) is 12.3. The van der Waals surface area contributed by atoms with E-state index in [1.165, 1.54) is 10.8 Å². The van der Waals surface area contributed by atoms with Gasteiger partial charge in [0.1, 0.15) is 4.83 Å². The van der Waals surface area contributed by atoms with Gasteiger partial charge in [0.05, 0.1) is 11.2 Å². The second kappa shape index (κ2) is 5.58. The van der Waals surface area contributed by atoms with E-state index in [1.807, 2.05) is 24.3 Å². The third-order valence-corrected chi connectivity index (χ3v) is 5.89. The molecular formula is C21H10FIrN2S-. The fourth-order valence-corrected chi connectivity index (χ4v) is 4.84. The van der Waals surface area contributed by atoms with E-state index in [0.717, 1.165) is 43.1 Å². The van der Waals surface area contributed by atoms with Gasteiger partial charge in [-0.05, 0) is 17.5 Å². The van der Waals surface area contributed by atoms with Crippen LogP contribution >= 0.6 is 11.3 Å². The topological polar surface area (TPSA) is 17.3 Å². The number of thiophene rings is 1. The molecule has 0 fully saturated rings. The van der Waals surface area contributed by atoms with Gasteiger partial charge in [-0.15, -0.1) is 29.5 Å². The first-order valence-electron chi connectivity index (χ1n) is 8.02. The minimum Gasteiger partial charge on any atom is -0.325 e. The summed E-state index contributed by atoms with van der Waals surface area (Å²) in [5, 5.41) is 3.88. The molecule has 0 N–H and O–H groups in total. The van der Waals surface area contributed by atoms with E-state index in [2.05, 4.69) is 34.7 Å². The molecule has 0 saturated carbocycles. The number of imidazole rings is 1. The number of benzene rings is 3. The summed E-state index contributed by atoms with van der Waals surface area (Å²) < 4.78 is 17.3. The van der Waals surface area contributed by atoms with Crippen LogP contribution in [0.1, 0.15) is 0 Å².